The van der Waals surface area contributed by atoms with Crippen molar-refractivity contribution in [2.75, 3.05) is 0 Å². The van der Waals surface area contributed by atoms with Gasteiger partial charge in [-0.05, 0) is 0 Å². The summed E-state index contributed by atoms with van der Waals surface area (Å²) in [5, 5.41) is 0. The van der Waals surface area contributed by atoms with Crippen LogP contribution >= 0.6 is 0 Å². The molecule has 0 spiro atoms. The van der Waals surface area contributed by atoms with Crippen LogP contribution in [0.1, 0.15) is 34.6 Å². The second-order valence-electron chi connectivity index (χ2n) is 4.78. The van der Waals surface area contributed by atoms with E-state index in [2.05, 4.69) is 14.2 Å². The molecule has 0 unspecified atom stereocenters. The molecule has 146 valence electrons. The molecule has 12 nitrogen and oxygen atoms in total. The number of carbonyl (C=O) groups is 6. The Bertz CT molecular complexity index is 568. The van der Waals surface area contributed by atoms with E-state index in [1.807, 2.05) is 0 Å². The number of rotatable bonds is 7. The van der Waals surface area contributed by atoms with Crippen LogP contribution in [0, 0.1) is 0 Å². The van der Waals surface area contributed by atoms with E-state index in [0.29, 0.717) is 0 Å². The van der Waals surface area contributed by atoms with Crippen LogP contribution in [0.5, 0.6) is 0 Å². The minimum atomic E-state index is -4.32. The topological polar surface area (TPSA) is 158 Å². The minimum Gasteiger partial charge on any atom is -0.455 e. The third-order valence-electron chi connectivity index (χ3n) is 2.02. The van der Waals surface area contributed by atoms with Crippen LogP contribution in [0.4, 0.5) is 0 Å². The molecule has 0 bridgehead atoms. The van der Waals surface area contributed by atoms with Crippen molar-refractivity contribution in [3.8, 4) is 0 Å². The fourth-order valence-corrected chi connectivity index (χ4v) is 3.20. The van der Waals surface area contributed by atoms with E-state index in [1.165, 1.54) is 0 Å². The summed E-state index contributed by atoms with van der Waals surface area (Å²) in [6.45, 7) is 5.34. The monoisotopic (exact) mass is 394 g/mol. The van der Waals surface area contributed by atoms with Crippen molar-refractivity contribution in [1.82, 2.24) is 0 Å². The van der Waals surface area contributed by atoms with Gasteiger partial charge in [-0.1, -0.05) is 0 Å². The zero-order chi connectivity index (χ0) is 20.7. The molecule has 0 saturated carbocycles. The fourth-order valence-electron chi connectivity index (χ4n) is 1.57. The van der Waals surface area contributed by atoms with Gasteiger partial charge in [0.2, 0.25) is 0 Å². The van der Waals surface area contributed by atoms with Crippen LogP contribution in [0.25, 0.3) is 0 Å². The predicted molar refractivity (Wildman–Crippen MR) is 79.3 cm³/mol. The molecule has 0 aliphatic carbocycles. The third kappa shape index (κ3) is 7.74. The van der Waals surface area contributed by atoms with Gasteiger partial charge >= 0.3 is 38.7 Å². The number of carbonyl (C=O) groups excluding carboxylic acids is 6. The number of esters is 3. The van der Waals surface area contributed by atoms with Crippen molar-refractivity contribution in [3.63, 3.8) is 0 Å². The second kappa shape index (κ2) is 8.94. The standard InChI is InChI=1S/C13H18O12Si/c1-7(14)20-13(21-8(2)15,22-9(3)16)12(19)25-26(6,23-10(4)17)24-11(5)18/h1-6H3. The lowest BCUT2D eigenvalue weighted by Crippen LogP contribution is -2.56. The first-order valence-corrected chi connectivity index (χ1v) is 9.15. The first kappa shape index (κ1) is 23.0. The summed E-state index contributed by atoms with van der Waals surface area (Å²) in [5.41, 5.74) is 0. The highest BCUT2D eigenvalue weighted by Gasteiger charge is 2.58. The zero-order valence-corrected chi connectivity index (χ0v) is 15.9. The summed E-state index contributed by atoms with van der Waals surface area (Å²) in [7, 11) is -4.32. The highest BCUT2D eigenvalue weighted by Crippen LogP contribution is 2.23. The Kier molecular flexibility index (Phi) is 7.92. The van der Waals surface area contributed by atoms with Gasteiger partial charge in [-0.2, -0.15) is 0 Å². The van der Waals surface area contributed by atoms with Gasteiger partial charge in [0.25, 0.3) is 11.9 Å². The molecule has 0 aliphatic rings. The van der Waals surface area contributed by atoms with Gasteiger partial charge in [-0.3, -0.25) is 24.0 Å². The van der Waals surface area contributed by atoms with E-state index in [4.69, 9.17) is 13.3 Å². The molecule has 0 aromatic carbocycles. The van der Waals surface area contributed by atoms with Gasteiger partial charge in [0.15, 0.2) is 0 Å². The molecule has 0 saturated heterocycles. The maximum atomic E-state index is 12.4. The maximum absolute atomic E-state index is 12.4. The Morgan fingerprint density at radius 1 is 0.577 bits per heavy atom. The summed E-state index contributed by atoms with van der Waals surface area (Å²) in [5.74, 6) is -10.5. The van der Waals surface area contributed by atoms with Crippen molar-refractivity contribution in [1.29, 1.82) is 0 Å². The molecule has 0 atom stereocenters. The van der Waals surface area contributed by atoms with Gasteiger partial charge < -0.3 is 27.5 Å². The quantitative estimate of drug-likeness (QED) is 0.312. The molecule has 0 heterocycles. The van der Waals surface area contributed by atoms with Crippen LogP contribution in [-0.2, 0) is 56.3 Å². The molecule has 0 amide bonds. The number of ether oxygens (including phenoxy) is 3. The van der Waals surface area contributed by atoms with E-state index in [9.17, 15) is 28.8 Å². The predicted octanol–water partition coefficient (Wildman–Crippen LogP) is -0.432. The maximum Gasteiger partial charge on any atom is 0.702 e. The number of hydrogen-bond donors (Lipinski definition) is 0. The molecule has 0 fully saturated rings. The van der Waals surface area contributed by atoms with E-state index in [0.717, 1.165) is 41.2 Å². The van der Waals surface area contributed by atoms with Gasteiger partial charge in [-0.25, -0.2) is 4.79 Å². The fraction of sp³-hybridized carbons (Fsp3) is 0.538. The Morgan fingerprint density at radius 2 is 0.885 bits per heavy atom. The van der Waals surface area contributed by atoms with Gasteiger partial charge in [-0.15, -0.1) is 0 Å². The summed E-state index contributed by atoms with van der Waals surface area (Å²) in [4.78, 5) is 68.6. The molecule has 13 heteroatoms. The molecule has 0 aliphatic heterocycles. The molecule has 0 N–H and O–H groups in total. The van der Waals surface area contributed by atoms with Crippen LogP contribution < -0.4 is 0 Å². The van der Waals surface area contributed by atoms with Crippen LogP contribution in [0.2, 0.25) is 6.55 Å². The Hall–Kier alpha value is -2.96. The van der Waals surface area contributed by atoms with Gasteiger partial charge in [0, 0.05) is 41.2 Å². The molecule has 0 rings (SSSR count). The molecule has 26 heavy (non-hydrogen) atoms. The van der Waals surface area contributed by atoms with E-state index >= 15 is 0 Å². The first-order chi connectivity index (χ1) is 11.7. The Labute approximate surface area is 149 Å². The highest BCUT2D eigenvalue weighted by atomic mass is 28.4. The average molecular weight is 394 g/mol. The normalized spacial score (nSPS) is 10.8. The largest absolute Gasteiger partial charge is 0.702 e. The van der Waals surface area contributed by atoms with Crippen molar-refractivity contribution in [2.45, 2.75) is 47.1 Å². The first-order valence-electron chi connectivity index (χ1n) is 6.92. The lowest BCUT2D eigenvalue weighted by molar-refractivity contribution is -0.317. The SMILES string of the molecule is CC(=O)OC(OC(C)=O)(OC(C)=O)C(=O)O[Si](C)(OC(C)=O)OC(C)=O. The zero-order valence-electron chi connectivity index (χ0n) is 14.9. The Balaban J connectivity index is 5.95. The number of hydrogen-bond acceptors (Lipinski definition) is 12. The Morgan fingerprint density at radius 3 is 1.12 bits per heavy atom. The summed E-state index contributed by atoms with van der Waals surface area (Å²) in [6.07, 6.45) is 0. The van der Waals surface area contributed by atoms with Crippen LogP contribution in [0.15, 0.2) is 0 Å². The van der Waals surface area contributed by atoms with Gasteiger partial charge in [0.1, 0.15) is 0 Å². The van der Waals surface area contributed by atoms with Crippen LogP contribution in [0.3, 0.4) is 0 Å². The van der Waals surface area contributed by atoms with Crippen LogP contribution in [-0.4, -0.2) is 50.6 Å². The van der Waals surface area contributed by atoms with Crippen molar-refractivity contribution < 1.29 is 56.3 Å². The second-order valence-corrected chi connectivity index (χ2v) is 7.11. The highest BCUT2D eigenvalue weighted by molar-refractivity contribution is 6.64. The minimum absolute atomic E-state index is 0.823. The van der Waals surface area contributed by atoms with E-state index in [1.54, 1.807) is 0 Å². The molecule has 0 radical (unpaired) electrons. The third-order valence-corrected chi connectivity index (χ3v) is 3.89. The summed E-state index contributed by atoms with van der Waals surface area (Å²) in [6, 6.07) is 0. The van der Waals surface area contributed by atoms with Gasteiger partial charge in [0.05, 0.1) is 0 Å². The summed E-state index contributed by atoms with van der Waals surface area (Å²) >= 11 is 0. The lowest BCUT2D eigenvalue weighted by atomic mass is 10.5. The molecular weight excluding hydrogens is 376 g/mol. The molecule has 0 aromatic heterocycles. The van der Waals surface area contributed by atoms with Crippen molar-refractivity contribution in [2.24, 2.45) is 0 Å². The lowest BCUT2D eigenvalue weighted by Gasteiger charge is -2.30. The average Bonchev–Trinajstić information content (AvgIpc) is 2.32. The molecular formula is C13H18O12Si. The smallest absolute Gasteiger partial charge is 0.455 e. The van der Waals surface area contributed by atoms with E-state index in [-0.39, 0.29) is 0 Å². The molecule has 0 aromatic rings. The van der Waals surface area contributed by atoms with Crippen molar-refractivity contribution >= 4 is 44.6 Å². The van der Waals surface area contributed by atoms with E-state index < -0.39 is 50.6 Å². The summed E-state index contributed by atoms with van der Waals surface area (Å²) < 4.78 is 27.8. The van der Waals surface area contributed by atoms with Crippen molar-refractivity contribution in [3.05, 3.63) is 0 Å².